The van der Waals surface area contributed by atoms with Crippen LogP contribution in [0.5, 0.6) is 5.75 Å². The van der Waals surface area contributed by atoms with Crippen LogP contribution < -0.4 is 15.8 Å². The monoisotopic (exact) mass is 538 g/mol. The summed E-state index contributed by atoms with van der Waals surface area (Å²) in [6.45, 7) is 3.44. The van der Waals surface area contributed by atoms with Crippen LogP contribution in [0.1, 0.15) is 23.7 Å². The zero-order valence-corrected chi connectivity index (χ0v) is 21.2. The predicted molar refractivity (Wildman–Crippen MR) is 131 cm³/mol. The lowest BCUT2D eigenvalue weighted by Crippen LogP contribution is -2.71. The summed E-state index contributed by atoms with van der Waals surface area (Å²) in [6, 6.07) is 3.79. The van der Waals surface area contributed by atoms with Crippen molar-refractivity contribution < 1.29 is 32.1 Å². The van der Waals surface area contributed by atoms with Crippen LogP contribution in [0.4, 0.5) is 5.13 Å². The Bertz CT molecular complexity index is 1300. The van der Waals surface area contributed by atoms with E-state index in [2.05, 4.69) is 27.4 Å². The number of fused-ring (bicyclic) bond motifs is 1. The van der Waals surface area contributed by atoms with E-state index >= 15 is 0 Å². The van der Waals surface area contributed by atoms with Crippen molar-refractivity contribution in [3.8, 4) is 5.75 Å². The zero-order valence-electron chi connectivity index (χ0n) is 19.6. The van der Waals surface area contributed by atoms with E-state index in [9.17, 15) is 18.0 Å². The summed E-state index contributed by atoms with van der Waals surface area (Å²) in [5.74, 6) is -1.08. The number of carbonyl (C=O) groups is 2. The summed E-state index contributed by atoms with van der Waals surface area (Å²) in [5, 5.41) is 7.95. The maximum Gasteiger partial charge on any atom is 0.362 e. The SMILES string of the molecule is CC1C(NC(=O)/C(=N\OCCOc2ccc3c(c2)CCN(C)C3)c2csc(N)n2)C(=O)N1S(=O)(=O)O. The molecule has 1 aromatic carbocycles. The summed E-state index contributed by atoms with van der Waals surface area (Å²) in [6.07, 6.45) is 0.948. The van der Waals surface area contributed by atoms with E-state index in [1.807, 2.05) is 18.2 Å². The fourth-order valence-corrected chi connectivity index (χ4v) is 5.41. The van der Waals surface area contributed by atoms with Crippen LogP contribution in [0, 0.1) is 0 Å². The molecule has 15 heteroatoms. The lowest BCUT2D eigenvalue weighted by atomic mass is 10.00. The van der Waals surface area contributed by atoms with E-state index in [4.69, 9.17) is 19.9 Å². The average molecular weight is 539 g/mol. The van der Waals surface area contributed by atoms with E-state index in [1.165, 1.54) is 23.4 Å². The van der Waals surface area contributed by atoms with Crippen LogP contribution in [0.2, 0.25) is 0 Å². The summed E-state index contributed by atoms with van der Waals surface area (Å²) < 4.78 is 37.7. The Balaban J connectivity index is 1.36. The minimum atomic E-state index is -4.72. The van der Waals surface area contributed by atoms with Crippen molar-refractivity contribution in [3.63, 3.8) is 0 Å². The van der Waals surface area contributed by atoms with Gasteiger partial charge in [-0.3, -0.25) is 14.1 Å². The smallest absolute Gasteiger partial charge is 0.362 e. The number of anilines is 1. The highest BCUT2D eigenvalue weighted by atomic mass is 32.2. The fraction of sp³-hybridized carbons (Fsp3) is 0.429. The van der Waals surface area contributed by atoms with Crippen molar-refractivity contribution in [2.75, 3.05) is 32.5 Å². The Labute approximate surface area is 211 Å². The molecule has 13 nitrogen and oxygen atoms in total. The topological polar surface area (TPSA) is 177 Å². The van der Waals surface area contributed by atoms with E-state index in [1.54, 1.807) is 0 Å². The number of hydrogen-bond donors (Lipinski definition) is 3. The molecule has 194 valence electrons. The highest BCUT2D eigenvalue weighted by molar-refractivity contribution is 7.84. The molecule has 2 unspecified atom stereocenters. The van der Waals surface area contributed by atoms with Crippen molar-refractivity contribution in [2.45, 2.75) is 32.0 Å². The van der Waals surface area contributed by atoms with Gasteiger partial charge < -0.3 is 25.5 Å². The first-order chi connectivity index (χ1) is 17.0. The average Bonchev–Trinajstić information content (AvgIpc) is 3.24. The zero-order chi connectivity index (χ0) is 26.0. The van der Waals surface area contributed by atoms with Gasteiger partial charge in [0.1, 0.15) is 24.1 Å². The van der Waals surface area contributed by atoms with Crippen molar-refractivity contribution in [3.05, 3.63) is 40.4 Å². The molecule has 0 saturated carbocycles. The molecule has 2 aliphatic heterocycles. The van der Waals surface area contributed by atoms with E-state index in [-0.39, 0.29) is 34.1 Å². The van der Waals surface area contributed by atoms with Gasteiger partial charge in [-0.05, 0) is 43.7 Å². The highest BCUT2D eigenvalue weighted by Crippen LogP contribution is 2.24. The lowest BCUT2D eigenvalue weighted by Gasteiger charge is -2.42. The lowest BCUT2D eigenvalue weighted by molar-refractivity contribution is -0.143. The molecular formula is C21H26N6O7S2. The second kappa shape index (κ2) is 10.4. The summed E-state index contributed by atoms with van der Waals surface area (Å²) in [7, 11) is -2.64. The van der Waals surface area contributed by atoms with Gasteiger partial charge in [0.15, 0.2) is 17.5 Å². The Morgan fingerprint density at radius 3 is 2.81 bits per heavy atom. The number of thiazole rings is 1. The number of amides is 2. The van der Waals surface area contributed by atoms with Crippen LogP contribution in [-0.2, 0) is 37.7 Å². The molecule has 36 heavy (non-hydrogen) atoms. The van der Waals surface area contributed by atoms with Gasteiger partial charge in [-0.2, -0.15) is 8.42 Å². The van der Waals surface area contributed by atoms with Crippen LogP contribution in [0.25, 0.3) is 0 Å². The number of ether oxygens (including phenoxy) is 1. The summed E-state index contributed by atoms with van der Waals surface area (Å²) in [5.41, 5.74) is 8.07. The van der Waals surface area contributed by atoms with Crippen LogP contribution in [0.3, 0.4) is 0 Å². The van der Waals surface area contributed by atoms with Crippen molar-refractivity contribution >= 4 is 44.3 Å². The molecule has 4 N–H and O–H groups in total. The Hall–Kier alpha value is -3.27. The largest absolute Gasteiger partial charge is 0.490 e. The Morgan fingerprint density at radius 2 is 2.14 bits per heavy atom. The number of nitrogens with two attached hydrogens (primary N) is 1. The first-order valence-electron chi connectivity index (χ1n) is 11.0. The van der Waals surface area contributed by atoms with Gasteiger partial charge in [-0.15, -0.1) is 11.3 Å². The number of benzene rings is 1. The van der Waals surface area contributed by atoms with Gasteiger partial charge in [0.05, 0.1) is 6.04 Å². The third-order valence-electron chi connectivity index (χ3n) is 5.83. The normalized spacial score (nSPS) is 20.5. The van der Waals surface area contributed by atoms with Crippen molar-refractivity contribution in [1.82, 2.24) is 19.5 Å². The second-order valence-corrected chi connectivity index (χ2v) is 10.6. The second-order valence-electron chi connectivity index (χ2n) is 8.41. The molecule has 3 heterocycles. The summed E-state index contributed by atoms with van der Waals surface area (Å²) in [4.78, 5) is 36.5. The molecule has 0 spiro atoms. The van der Waals surface area contributed by atoms with Gasteiger partial charge in [-0.1, -0.05) is 11.2 Å². The summed E-state index contributed by atoms with van der Waals surface area (Å²) >= 11 is 1.08. The number of oxime groups is 1. The predicted octanol–water partition coefficient (Wildman–Crippen LogP) is 0.0312. The number of hydrogen-bond acceptors (Lipinski definition) is 11. The molecule has 2 atom stereocenters. The van der Waals surface area contributed by atoms with Gasteiger partial charge in [0.2, 0.25) is 0 Å². The van der Waals surface area contributed by atoms with E-state index in [0.29, 0.717) is 5.75 Å². The van der Waals surface area contributed by atoms with Crippen LogP contribution >= 0.6 is 11.3 Å². The first kappa shape index (κ1) is 25.8. The maximum absolute atomic E-state index is 12.8. The van der Waals surface area contributed by atoms with E-state index in [0.717, 1.165) is 30.8 Å². The molecule has 2 aliphatic rings. The number of nitrogen functional groups attached to an aromatic ring is 1. The highest BCUT2D eigenvalue weighted by Gasteiger charge is 2.51. The van der Waals surface area contributed by atoms with Crippen LogP contribution in [0.15, 0.2) is 28.7 Å². The Kier molecular flexibility index (Phi) is 7.44. The molecular weight excluding hydrogens is 512 g/mol. The minimum Gasteiger partial charge on any atom is -0.490 e. The van der Waals surface area contributed by atoms with E-state index < -0.39 is 34.2 Å². The number of aromatic nitrogens is 1. The Morgan fingerprint density at radius 1 is 1.36 bits per heavy atom. The molecule has 4 rings (SSSR count). The maximum atomic E-state index is 12.8. The minimum absolute atomic E-state index is 0.0194. The number of β-lactam (4-membered cyclic amide) rings is 1. The number of nitrogens with one attached hydrogen (secondary N) is 1. The molecule has 0 radical (unpaired) electrons. The molecule has 2 amide bonds. The number of likely N-dealkylation sites (N-methyl/N-ethyl adjacent to an activating group) is 1. The van der Waals surface area contributed by atoms with Gasteiger partial charge >= 0.3 is 10.3 Å². The number of rotatable bonds is 9. The quantitative estimate of drug-likeness (QED) is 0.130. The molecule has 0 aliphatic carbocycles. The third kappa shape index (κ3) is 5.59. The number of carbonyl (C=O) groups excluding carboxylic acids is 2. The first-order valence-corrected chi connectivity index (χ1v) is 13.3. The van der Waals surface area contributed by atoms with Crippen molar-refractivity contribution in [2.24, 2.45) is 5.16 Å². The molecule has 1 aromatic heterocycles. The number of nitrogens with zero attached hydrogens (tertiary/aromatic N) is 4. The van der Waals surface area contributed by atoms with Gasteiger partial charge in [0.25, 0.3) is 11.8 Å². The standard InChI is InChI=1S/C21H26N6O7S2/c1-12-17(20(29)27(12)36(30,31)32)24-19(28)18(16-11-35-21(22)23-16)25-34-8-7-33-15-4-3-14-10-26(2)6-5-13(14)9-15/h3-4,9,11-12,17H,5-8,10H2,1-2H3,(H2,22,23)(H,24,28)(H,30,31,32)/b25-18-. The molecule has 2 aromatic rings. The van der Waals surface area contributed by atoms with Gasteiger partial charge in [-0.25, -0.2) is 9.29 Å². The van der Waals surface area contributed by atoms with Gasteiger partial charge in [0, 0.05) is 18.5 Å². The van der Waals surface area contributed by atoms with Crippen LogP contribution in [-0.4, -0.2) is 83.6 Å². The fourth-order valence-electron chi connectivity index (χ4n) is 3.98. The molecule has 1 fully saturated rings. The van der Waals surface area contributed by atoms with Crippen molar-refractivity contribution in [1.29, 1.82) is 0 Å². The molecule has 0 bridgehead atoms. The third-order valence-corrected chi connectivity index (χ3v) is 7.51. The molecule has 1 saturated heterocycles.